The number of esters is 2. The quantitative estimate of drug-likeness (QED) is 0.0246. The number of aromatic nitrogens is 4. The third-order valence-electron chi connectivity index (χ3n) is 11.1. The fraction of sp³-hybridized carbons (Fsp3) is 0.750. The first-order valence-electron chi connectivity index (χ1n) is 22.0. The Morgan fingerprint density at radius 1 is 0.873 bits per heavy atom. The van der Waals surface area contributed by atoms with Gasteiger partial charge in [-0.15, -0.1) is 0 Å². The third kappa shape index (κ3) is 15.7. The summed E-state index contributed by atoms with van der Waals surface area (Å²) >= 11 is 1.89. The van der Waals surface area contributed by atoms with Gasteiger partial charge in [-0.3, -0.25) is 23.7 Å². The van der Waals surface area contributed by atoms with Crippen LogP contribution in [-0.4, -0.2) is 150 Å². The molecule has 4 amide bonds. The summed E-state index contributed by atoms with van der Waals surface area (Å²) in [4.78, 5) is 73.9. The molecule has 23 heteroatoms. The second-order valence-electron chi connectivity index (χ2n) is 16.2. The van der Waals surface area contributed by atoms with Crippen molar-refractivity contribution in [2.24, 2.45) is 0 Å². The minimum absolute atomic E-state index is 0.0165. The van der Waals surface area contributed by atoms with Crippen LogP contribution in [0, 0.1) is 0 Å². The van der Waals surface area contributed by atoms with Crippen molar-refractivity contribution >= 4 is 58.5 Å². The van der Waals surface area contributed by atoms with Crippen molar-refractivity contribution in [1.82, 2.24) is 51.6 Å². The number of carbonyl (C=O) groups is 5. The van der Waals surface area contributed by atoms with Crippen molar-refractivity contribution in [2.45, 2.75) is 125 Å². The van der Waals surface area contributed by atoms with E-state index in [0.29, 0.717) is 94.8 Å². The number of hydrogen-bond donors (Lipinski definition) is 7. The number of unbranched alkanes of at least 4 members (excludes halogenated alkanes) is 1. The lowest BCUT2D eigenvalue weighted by Crippen LogP contribution is -2.36. The van der Waals surface area contributed by atoms with Gasteiger partial charge in [0.2, 0.25) is 11.8 Å². The normalized spacial score (nSPS) is 23.2. The number of nitrogens with zero attached hydrogens (tertiary/aromatic N) is 4. The molecule has 0 aliphatic carbocycles. The van der Waals surface area contributed by atoms with Gasteiger partial charge in [0.25, 0.3) is 0 Å². The number of thioether (sulfide) groups is 1. The molecule has 0 aromatic carbocycles. The maximum atomic E-state index is 12.9. The molecule has 0 bridgehead atoms. The van der Waals surface area contributed by atoms with E-state index in [4.69, 9.17) is 34.2 Å². The molecule has 350 valence electrons. The van der Waals surface area contributed by atoms with E-state index in [1.54, 1.807) is 4.57 Å². The van der Waals surface area contributed by atoms with Crippen molar-refractivity contribution in [3.63, 3.8) is 0 Å². The Morgan fingerprint density at radius 3 is 2.29 bits per heavy atom. The number of nitrogen functional groups attached to an aromatic ring is 1. The molecule has 6 heterocycles. The number of imidazole rings is 1. The monoisotopic (exact) mass is 905 g/mol. The standard InChI is InChI=1S/C40H63N11O11S/c1-40(49-50-40)12-11-32(54)60-22-26-21-28(38(61-26)51-25-46-35-36(41)44-24-45-37(35)51)62-33(55)10-4-9-31(53)43-14-6-16-58-18-20-59-19-17-57-15-5-13-42-30(52)8-3-2-7-29-34-27(23-63-29)47-39(56)48-34/h24-29,34,38,49-50H,2-23H2,1H3,(H,42,52)(H,43,53)(H2,41,44,45)(H2,47,48,56)/t26-,27+,28-,29-,34+,38+/m0/s1. The minimum Gasteiger partial charge on any atom is -0.463 e. The number of hydrogen-bond acceptors (Lipinski definition) is 18. The van der Waals surface area contributed by atoms with E-state index in [0.717, 1.165) is 31.4 Å². The van der Waals surface area contributed by atoms with Gasteiger partial charge in [0.15, 0.2) is 17.7 Å². The highest BCUT2D eigenvalue weighted by atomic mass is 32.2. The second-order valence-corrected chi connectivity index (χ2v) is 17.5. The SMILES string of the molecule is CC1(CCC(=O)OC[C@@H]2C[C@H](OC(=O)CCCC(=O)NCCCOCCOCCOCCCNC(=O)CCCC[C@@H]3SC[C@H]4NC(=O)N[C@@H]34)[C@H](n3cnc4c(N)ncnc43)O2)NN1. The molecular formula is C40H63N11O11S. The first kappa shape index (κ1) is 48.1. The predicted octanol–water partition coefficient (Wildman–Crippen LogP) is 0.714. The van der Waals surface area contributed by atoms with Crippen LogP contribution in [0.2, 0.25) is 0 Å². The summed E-state index contributed by atoms with van der Waals surface area (Å²) in [6, 6.07) is 0.367. The first-order chi connectivity index (χ1) is 30.6. The van der Waals surface area contributed by atoms with E-state index >= 15 is 0 Å². The van der Waals surface area contributed by atoms with E-state index < -0.39 is 24.4 Å². The zero-order chi connectivity index (χ0) is 44.4. The van der Waals surface area contributed by atoms with Gasteiger partial charge in [-0.25, -0.2) is 30.6 Å². The summed E-state index contributed by atoms with van der Waals surface area (Å²) in [6.45, 7) is 5.66. The molecular weight excluding hydrogens is 843 g/mol. The summed E-state index contributed by atoms with van der Waals surface area (Å²) in [5.41, 5.74) is 12.5. The highest BCUT2D eigenvalue weighted by Crippen LogP contribution is 2.35. The Labute approximate surface area is 370 Å². The van der Waals surface area contributed by atoms with Gasteiger partial charge < -0.3 is 55.4 Å². The Bertz CT molecular complexity index is 1820. The number of urea groups is 1. The van der Waals surface area contributed by atoms with Crippen LogP contribution in [0.1, 0.15) is 90.2 Å². The molecule has 4 fully saturated rings. The molecule has 0 unspecified atom stereocenters. The molecule has 0 radical (unpaired) electrons. The number of hydrazine groups is 1. The van der Waals surface area contributed by atoms with Gasteiger partial charge in [-0.05, 0) is 45.4 Å². The number of anilines is 1. The van der Waals surface area contributed by atoms with Crippen molar-refractivity contribution in [2.75, 3.05) is 70.8 Å². The number of carbonyl (C=O) groups excluding carboxylic acids is 5. The van der Waals surface area contributed by atoms with Crippen LogP contribution in [0.3, 0.4) is 0 Å². The zero-order valence-corrected chi connectivity index (χ0v) is 36.8. The van der Waals surface area contributed by atoms with Crippen LogP contribution in [0.4, 0.5) is 10.6 Å². The van der Waals surface area contributed by atoms with Crippen LogP contribution in [0.15, 0.2) is 12.7 Å². The van der Waals surface area contributed by atoms with Gasteiger partial charge in [-0.2, -0.15) is 11.8 Å². The molecule has 4 saturated heterocycles. The van der Waals surface area contributed by atoms with Crippen molar-refractivity contribution in [1.29, 1.82) is 0 Å². The number of amides is 4. The van der Waals surface area contributed by atoms with Crippen LogP contribution < -0.4 is 37.9 Å². The smallest absolute Gasteiger partial charge is 0.315 e. The maximum absolute atomic E-state index is 12.9. The molecule has 6 rings (SSSR count). The van der Waals surface area contributed by atoms with Crippen LogP contribution >= 0.6 is 11.8 Å². The number of ether oxygens (including phenoxy) is 6. The number of nitrogens with two attached hydrogens (primary N) is 1. The summed E-state index contributed by atoms with van der Waals surface area (Å²) in [5.74, 6) is 0.169. The molecule has 22 nitrogen and oxygen atoms in total. The Kier molecular flexibility index (Phi) is 18.8. The van der Waals surface area contributed by atoms with Crippen LogP contribution in [0.5, 0.6) is 0 Å². The predicted molar refractivity (Wildman–Crippen MR) is 229 cm³/mol. The van der Waals surface area contributed by atoms with E-state index in [2.05, 4.69) is 47.1 Å². The van der Waals surface area contributed by atoms with Crippen molar-refractivity contribution < 1.29 is 52.4 Å². The minimum atomic E-state index is -0.800. The summed E-state index contributed by atoms with van der Waals surface area (Å²) in [5, 5.41) is 12.2. The largest absolute Gasteiger partial charge is 0.463 e. The lowest BCUT2D eigenvalue weighted by Gasteiger charge is -2.20. The van der Waals surface area contributed by atoms with E-state index in [1.807, 2.05) is 18.7 Å². The fourth-order valence-corrected chi connectivity index (χ4v) is 9.03. The van der Waals surface area contributed by atoms with Crippen molar-refractivity contribution in [3.05, 3.63) is 12.7 Å². The summed E-state index contributed by atoms with van der Waals surface area (Å²) < 4.78 is 35.9. The second kappa shape index (κ2) is 24.6. The Hall–Kier alpha value is -4.39. The molecule has 8 N–H and O–H groups in total. The molecule has 4 aliphatic rings. The van der Waals surface area contributed by atoms with E-state index in [-0.39, 0.29) is 79.7 Å². The first-order valence-corrected chi connectivity index (χ1v) is 23.0. The topological polar surface area (TPSA) is 302 Å². The fourth-order valence-electron chi connectivity index (χ4n) is 7.49. The molecule has 0 spiro atoms. The zero-order valence-electron chi connectivity index (χ0n) is 35.9. The van der Waals surface area contributed by atoms with Gasteiger partial charge in [0.1, 0.15) is 24.6 Å². The lowest BCUT2D eigenvalue weighted by atomic mass is 10.0. The number of rotatable bonds is 30. The molecule has 63 heavy (non-hydrogen) atoms. The Balaban J connectivity index is 0.729. The van der Waals surface area contributed by atoms with Crippen molar-refractivity contribution in [3.8, 4) is 0 Å². The highest BCUT2D eigenvalue weighted by Gasteiger charge is 2.43. The number of fused-ring (bicyclic) bond motifs is 2. The highest BCUT2D eigenvalue weighted by molar-refractivity contribution is 8.00. The molecule has 0 saturated carbocycles. The average molecular weight is 906 g/mol. The number of nitrogens with one attached hydrogen (secondary N) is 6. The third-order valence-corrected chi connectivity index (χ3v) is 12.6. The summed E-state index contributed by atoms with van der Waals surface area (Å²) in [7, 11) is 0. The van der Waals surface area contributed by atoms with E-state index in [9.17, 15) is 24.0 Å². The van der Waals surface area contributed by atoms with Crippen LogP contribution in [0.25, 0.3) is 11.2 Å². The van der Waals surface area contributed by atoms with Crippen LogP contribution in [-0.2, 0) is 47.6 Å². The Morgan fingerprint density at radius 2 is 1.57 bits per heavy atom. The molecule has 2 aromatic heterocycles. The van der Waals surface area contributed by atoms with Gasteiger partial charge >= 0.3 is 18.0 Å². The molecule has 4 aliphatic heterocycles. The maximum Gasteiger partial charge on any atom is 0.315 e. The van der Waals surface area contributed by atoms with Gasteiger partial charge in [0.05, 0.1) is 56.6 Å². The van der Waals surface area contributed by atoms with E-state index in [1.165, 1.54) is 12.7 Å². The molecule has 6 atom stereocenters. The molecule has 2 aromatic rings. The van der Waals surface area contributed by atoms with Gasteiger partial charge in [-0.1, -0.05) is 6.42 Å². The lowest BCUT2D eigenvalue weighted by molar-refractivity contribution is -0.155. The summed E-state index contributed by atoms with van der Waals surface area (Å²) in [6.07, 6.45) is 6.90. The average Bonchev–Trinajstić information content (AvgIpc) is 3.63. The van der Waals surface area contributed by atoms with Gasteiger partial charge in [0, 0.05) is 69.4 Å².